The topological polar surface area (TPSA) is 75.3 Å². The minimum atomic E-state index is -0.221. The summed E-state index contributed by atoms with van der Waals surface area (Å²) in [6.45, 7) is 3.37. The van der Waals surface area contributed by atoms with E-state index in [1.807, 2.05) is 29.2 Å². The molecule has 7 heteroatoms. The summed E-state index contributed by atoms with van der Waals surface area (Å²) in [6.07, 6.45) is 3.37. The summed E-state index contributed by atoms with van der Waals surface area (Å²) in [5.74, 6) is 1.49. The predicted molar refractivity (Wildman–Crippen MR) is 106 cm³/mol. The van der Waals surface area contributed by atoms with Crippen LogP contribution in [0.5, 0.6) is 5.75 Å². The Morgan fingerprint density at radius 3 is 2.78 bits per heavy atom. The predicted octanol–water partition coefficient (Wildman–Crippen LogP) is 2.93. The number of nitrogens with zero attached hydrogens (tertiary/aromatic N) is 2. The van der Waals surface area contributed by atoms with Gasteiger partial charge in [0.2, 0.25) is 5.91 Å². The van der Waals surface area contributed by atoms with Gasteiger partial charge in [-0.05, 0) is 43.9 Å². The first-order valence-corrected chi connectivity index (χ1v) is 10.2. The molecule has 0 atom stereocenters. The Hall–Kier alpha value is -2.28. The van der Waals surface area contributed by atoms with Crippen molar-refractivity contribution in [1.29, 1.82) is 0 Å². The first-order chi connectivity index (χ1) is 13.1. The van der Waals surface area contributed by atoms with Crippen LogP contribution in [0, 0.1) is 6.92 Å². The number of hydrogen-bond donors (Lipinski definition) is 1. The zero-order valence-electron chi connectivity index (χ0n) is 15.8. The van der Waals surface area contributed by atoms with E-state index in [2.05, 4.69) is 9.97 Å². The van der Waals surface area contributed by atoms with Crippen molar-refractivity contribution in [2.45, 2.75) is 43.5 Å². The van der Waals surface area contributed by atoms with E-state index < -0.39 is 0 Å². The van der Waals surface area contributed by atoms with Crippen molar-refractivity contribution in [3.8, 4) is 5.75 Å². The molecule has 1 aromatic carbocycles. The number of piperidine rings is 1. The van der Waals surface area contributed by atoms with Crippen LogP contribution in [0.2, 0.25) is 0 Å². The second kappa shape index (κ2) is 9.08. The average molecular weight is 388 g/mol. The van der Waals surface area contributed by atoms with Crippen LogP contribution in [0.1, 0.15) is 36.1 Å². The number of aromatic amines is 1. The molecular weight excluding hydrogens is 362 g/mol. The minimum absolute atomic E-state index is 0.0156. The molecule has 1 aliphatic heterocycles. The minimum Gasteiger partial charge on any atom is -0.497 e. The average Bonchev–Trinajstić information content (AvgIpc) is 2.70. The summed E-state index contributed by atoms with van der Waals surface area (Å²) in [7, 11) is 1.64. The van der Waals surface area contributed by atoms with Gasteiger partial charge in [0, 0.05) is 30.1 Å². The highest BCUT2D eigenvalue weighted by Crippen LogP contribution is 2.22. The van der Waals surface area contributed by atoms with Gasteiger partial charge in [0.25, 0.3) is 5.56 Å². The Kier molecular flexibility index (Phi) is 6.55. The highest BCUT2D eigenvalue weighted by Gasteiger charge is 2.20. The van der Waals surface area contributed by atoms with Crippen molar-refractivity contribution < 1.29 is 9.53 Å². The van der Waals surface area contributed by atoms with Crippen molar-refractivity contribution in [3.63, 3.8) is 0 Å². The van der Waals surface area contributed by atoms with Crippen LogP contribution in [-0.2, 0) is 17.0 Å². The molecule has 0 saturated carbocycles. The van der Waals surface area contributed by atoms with Crippen LogP contribution in [0.15, 0.2) is 34.2 Å². The zero-order chi connectivity index (χ0) is 19.2. The molecule has 2 heterocycles. The van der Waals surface area contributed by atoms with Crippen LogP contribution in [-0.4, -0.2) is 41.0 Å². The van der Waals surface area contributed by atoms with Crippen molar-refractivity contribution in [1.82, 2.24) is 14.9 Å². The molecule has 3 rings (SSSR count). The number of hydrogen-bond acceptors (Lipinski definition) is 5. The molecule has 1 aromatic heterocycles. The summed E-state index contributed by atoms with van der Waals surface area (Å²) >= 11 is 1.46. The van der Waals surface area contributed by atoms with E-state index in [1.165, 1.54) is 18.2 Å². The van der Waals surface area contributed by atoms with Crippen molar-refractivity contribution in [2.75, 3.05) is 20.2 Å². The summed E-state index contributed by atoms with van der Waals surface area (Å²) in [4.78, 5) is 34.1. The van der Waals surface area contributed by atoms with Gasteiger partial charge in [-0.25, -0.2) is 4.98 Å². The summed E-state index contributed by atoms with van der Waals surface area (Å²) in [6, 6.07) is 7.80. The Bertz CT molecular complexity index is 860. The van der Waals surface area contributed by atoms with Crippen molar-refractivity contribution in [2.24, 2.45) is 0 Å². The molecule has 0 radical (unpaired) electrons. The van der Waals surface area contributed by atoms with E-state index in [1.54, 1.807) is 14.0 Å². The number of thioether (sulfide) groups is 1. The molecule has 0 unspecified atom stereocenters. The summed E-state index contributed by atoms with van der Waals surface area (Å²) < 4.78 is 5.23. The number of carbonyl (C=O) groups excluding carboxylic acids is 1. The molecule has 0 bridgehead atoms. The van der Waals surface area contributed by atoms with Crippen LogP contribution in [0.3, 0.4) is 0 Å². The Morgan fingerprint density at radius 1 is 1.30 bits per heavy atom. The first-order valence-electron chi connectivity index (χ1n) is 9.20. The molecule has 1 N–H and O–H groups in total. The van der Waals surface area contributed by atoms with Gasteiger partial charge in [0.1, 0.15) is 5.75 Å². The molecule has 6 nitrogen and oxygen atoms in total. The van der Waals surface area contributed by atoms with Crippen LogP contribution < -0.4 is 10.3 Å². The van der Waals surface area contributed by atoms with Crippen LogP contribution in [0.25, 0.3) is 0 Å². The molecule has 1 amide bonds. The number of H-pyrrole nitrogens is 1. The molecule has 1 aliphatic rings. The standard InChI is InChI=1S/C20H25N3O3S/c1-14-17(12-18(24)23-9-4-3-5-10-23)19(25)22-20(21-14)27-13-15-7-6-8-16(11-15)26-2/h6-8,11H,3-5,9-10,12-13H2,1-2H3,(H,21,22,25). The maximum Gasteiger partial charge on any atom is 0.255 e. The third-order valence-corrected chi connectivity index (χ3v) is 5.69. The van der Waals surface area contributed by atoms with Crippen LogP contribution >= 0.6 is 11.8 Å². The number of aromatic nitrogens is 2. The number of carbonyl (C=O) groups is 1. The van der Waals surface area contributed by atoms with Gasteiger partial charge in [0.15, 0.2) is 5.16 Å². The largest absolute Gasteiger partial charge is 0.497 e. The van der Waals surface area contributed by atoms with Gasteiger partial charge in [-0.2, -0.15) is 0 Å². The lowest BCUT2D eigenvalue weighted by Crippen LogP contribution is -2.37. The molecule has 27 heavy (non-hydrogen) atoms. The molecule has 1 fully saturated rings. The van der Waals surface area contributed by atoms with E-state index in [0.29, 0.717) is 22.2 Å². The Balaban J connectivity index is 1.67. The second-order valence-electron chi connectivity index (χ2n) is 6.69. The molecule has 2 aromatic rings. The van der Waals surface area contributed by atoms with Gasteiger partial charge in [-0.1, -0.05) is 23.9 Å². The Labute approximate surface area is 163 Å². The maximum absolute atomic E-state index is 12.5. The highest BCUT2D eigenvalue weighted by molar-refractivity contribution is 7.98. The summed E-state index contributed by atoms with van der Waals surface area (Å²) in [5.41, 5.74) is 1.96. The van der Waals surface area contributed by atoms with E-state index in [9.17, 15) is 9.59 Å². The van der Waals surface area contributed by atoms with Crippen LogP contribution in [0.4, 0.5) is 0 Å². The lowest BCUT2D eigenvalue weighted by Gasteiger charge is -2.26. The third-order valence-electron chi connectivity index (χ3n) is 4.75. The molecular formula is C20H25N3O3S. The number of ether oxygens (including phenoxy) is 1. The lowest BCUT2D eigenvalue weighted by molar-refractivity contribution is -0.131. The first kappa shape index (κ1) is 19.5. The van der Waals surface area contributed by atoms with Crippen molar-refractivity contribution >= 4 is 17.7 Å². The normalized spacial score (nSPS) is 14.2. The number of benzene rings is 1. The smallest absolute Gasteiger partial charge is 0.255 e. The molecule has 144 valence electrons. The number of amides is 1. The Morgan fingerprint density at radius 2 is 2.07 bits per heavy atom. The quantitative estimate of drug-likeness (QED) is 0.609. The van der Waals surface area contributed by atoms with E-state index in [4.69, 9.17) is 4.74 Å². The van der Waals surface area contributed by atoms with Gasteiger partial charge < -0.3 is 14.6 Å². The lowest BCUT2D eigenvalue weighted by atomic mass is 10.1. The number of rotatable bonds is 6. The van der Waals surface area contributed by atoms with Gasteiger partial charge in [-0.15, -0.1) is 0 Å². The second-order valence-corrected chi connectivity index (χ2v) is 7.66. The van der Waals surface area contributed by atoms with E-state index >= 15 is 0 Å². The number of nitrogens with one attached hydrogen (secondary N) is 1. The zero-order valence-corrected chi connectivity index (χ0v) is 16.6. The monoisotopic (exact) mass is 387 g/mol. The van der Waals surface area contributed by atoms with Gasteiger partial charge in [-0.3, -0.25) is 9.59 Å². The fraction of sp³-hybridized carbons (Fsp3) is 0.450. The molecule has 1 saturated heterocycles. The molecule has 0 spiro atoms. The van der Waals surface area contributed by atoms with Gasteiger partial charge in [0.05, 0.1) is 13.5 Å². The number of aryl methyl sites for hydroxylation is 1. The fourth-order valence-corrected chi connectivity index (χ4v) is 4.03. The SMILES string of the molecule is COc1cccc(CSc2nc(C)c(CC(=O)N3CCCCC3)c(=O)[nH]2)c1. The maximum atomic E-state index is 12.5. The van der Waals surface area contributed by atoms with E-state index in [0.717, 1.165) is 37.2 Å². The number of likely N-dealkylation sites (tertiary alicyclic amines) is 1. The third kappa shape index (κ3) is 5.13. The van der Waals surface area contributed by atoms with Crippen molar-refractivity contribution in [3.05, 3.63) is 51.4 Å². The van der Waals surface area contributed by atoms with Gasteiger partial charge >= 0.3 is 0 Å². The number of methoxy groups -OCH3 is 1. The highest BCUT2D eigenvalue weighted by atomic mass is 32.2. The fourth-order valence-electron chi connectivity index (χ4n) is 3.18. The van der Waals surface area contributed by atoms with E-state index in [-0.39, 0.29) is 17.9 Å². The summed E-state index contributed by atoms with van der Waals surface area (Å²) in [5, 5.41) is 0.564. The molecule has 0 aliphatic carbocycles.